The molecule has 2 heterocycles. The summed E-state index contributed by atoms with van der Waals surface area (Å²) in [6, 6.07) is 9.92. The first-order chi connectivity index (χ1) is 13.5. The van der Waals surface area contributed by atoms with E-state index in [1.807, 2.05) is 0 Å². The lowest BCUT2D eigenvalue weighted by atomic mass is 9.98. The van der Waals surface area contributed by atoms with E-state index in [0.29, 0.717) is 22.3 Å². The van der Waals surface area contributed by atoms with E-state index in [1.165, 1.54) is 36.7 Å². The van der Waals surface area contributed by atoms with Crippen molar-refractivity contribution in [3.05, 3.63) is 83.2 Å². The Morgan fingerprint density at radius 1 is 1.14 bits per heavy atom. The Balaban J connectivity index is 1.74. The Morgan fingerprint density at radius 3 is 2.68 bits per heavy atom. The number of H-pyrrole nitrogens is 1. The van der Waals surface area contributed by atoms with Crippen LogP contribution in [-0.4, -0.2) is 15.8 Å². The number of pyridine rings is 1. The highest BCUT2D eigenvalue weighted by atomic mass is 19.1. The summed E-state index contributed by atoms with van der Waals surface area (Å²) < 4.78 is 34.0. The van der Waals surface area contributed by atoms with Crippen LogP contribution in [0, 0.1) is 18.6 Å². The zero-order valence-corrected chi connectivity index (χ0v) is 14.8. The molecule has 0 bridgehead atoms. The number of benzene rings is 2. The highest BCUT2D eigenvalue weighted by Crippen LogP contribution is 2.31. The minimum absolute atomic E-state index is 0.0316. The topological polar surface area (TPSA) is 81.0 Å². The van der Waals surface area contributed by atoms with Crippen LogP contribution in [0.3, 0.4) is 0 Å². The molecule has 0 aliphatic rings. The number of carbonyl (C=O) groups excluding carboxylic acids is 1. The summed E-state index contributed by atoms with van der Waals surface area (Å²) in [5.74, 6) is -1.80. The van der Waals surface area contributed by atoms with E-state index in [0.717, 1.165) is 6.07 Å². The fraction of sp³-hybridized carbons (Fsp3) is 0.0476. The molecule has 4 rings (SSSR count). The van der Waals surface area contributed by atoms with Gasteiger partial charge in [-0.15, -0.1) is 0 Å². The third-order valence-corrected chi connectivity index (χ3v) is 4.40. The van der Waals surface area contributed by atoms with E-state index < -0.39 is 17.4 Å². The number of halogens is 2. The molecule has 28 heavy (non-hydrogen) atoms. The van der Waals surface area contributed by atoms with Gasteiger partial charge in [0.05, 0.1) is 16.5 Å². The summed E-state index contributed by atoms with van der Waals surface area (Å²) in [5.41, 5.74) is 7.24. The predicted octanol–water partition coefficient (Wildman–Crippen LogP) is 4.76. The Labute approximate surface area is 158 Å². The van der Waals surface area contributed by atoms with E-state index in [2.05, 4.69) is 9.97 Å². The highest BCUT2D eigenvalue weighted by molar-refractivity contribution is 6.18. The molecule has 0 amide bonds. The second-order valence-electron chi connectivity index (χ2n) is 6.28. The molecule has 0 fully saturated rings. The van der Waals surface area contributed by atoms with Crippen LogP contribution >= 0.6 is 0 Å². The van der Waals surface area contributed by atoms with Crippen molar-refractivity contribution in [1.82, 2.24) is 9.97 Å². The number of para-hydroxylation sites is 1. The van der Waals surface area contributed by atoms with Crippen LogP contribution in [0.2, 0.25) is 0 Å². The fourth-order valence-corrected chi connectivity index (χ4v) is 3.11. The summed E-state index contributed by atoms with van der Waals surface area (Å²) in [6.07, 6.45) is 2.97. The molecule has 2 aromatic heterocycles. The molecule has 4 aromatic rings. The van der Waals surface area contributed by atoms with Crippen LogP contribution < -0.4 is 10.5 Å². The van der Waals surface area contributed by atoms with E-state index >= 15 is 0 Å². The predicted molar refractivity (Wildman–Crippen MR) is 102 cm³/mol. The molecule has 140 valence electrons. The number of hydrogen-bond acceptors (Lipinski definition) is 4. The standard InChI is InChI=1S/C21H15F2N3O2/c1-11-8-12(28-17-5-3-2-4-14(17)22)9-15(23)18(11)20(27)13-10-26-21-19(13)16(24)6-7-25-21/h2-10H,1H3,(H3,24,25,26). The van der Waals surface area contributed by atoms with Crippen molar-refractivity contribution in [1.29, 1.82) is 0 Å². The van der Waals surface area contributed by atoms with Gasteiger partial charge in [0.2, 0.25) is 0 Å². The molecule has 0 radical (unpaired) electrons. The lowest BCUT2D eigenvalue weighted by Gasteiger charge is -2.11. The third-order valence-electron chi connectivity index (χ3n) is 4.40. The van der Waals surface area contributed by atoms with Gasteiger partial charge >= 0.3 is 0 Å². The maximum Gasteiger partial charge on any atom is 0.198 e. The van der Waals surface area contributed by atoms with E-state index in [9.17, 15) is 13.6 Å². The monoisotopic (exact) mass is 379 g/mol. The Hall–Kier alpha value is -3.74. The second-order valence-corrected chi connectivity index (χ2v) is 6.28. The van der Waals surface area contributed by atoms with Gasteiger partial charge in [0.15, 0.2) is 17.3 Å². The molecular weight excluding hydrogens is 364 g/mol. The molecule has 0 unspecified atom stereocenters. The van der Waals surface area contributed by atoms with Crippen molar-refractivity contribution in [2.45, 2.75) is 6.92 Å². The number of ether oxygens (including phenoxy) is 1. The second kappa shape index (κ2) is 6.77. The molecule has 0 saturated carbocycles. The van der Waals surface area contributed by atoms with Crippen molar-refractivity contribution in [3.63, 3.8) is 0 Å². The summed E-state index contributed by atoms with van der Waals surface area (Å²) >= 11 is 0. The van der Waals surface area contributed by atoms with Crippen molar-refractivity contribution in [2.75, 3.05) is 5.73 Å². The lowest BCUT2D eigenvalue weighted by molar-refractivity contribution is 0.103. The molecule has 0 atom stereocenters. The SMILES string of the molecule is Cc1cc(Oc2ccccc2F)cc(F)c1C(=O)c1c[nH]c2nccc(N)c12. The molecule has 3 N–H and O–H groups in total. The Morgan fingerprint density at radius 2 is 1.93 bits per heavy atom. The van der Waals surface area contributed by atoms with Crippen molar-refractivity contribution < 1.29 is 18.3 Å². The Kier molecular flexibility index (Phi) is 4.27. The van der Waals surface area contributed by atoms with E-state index in [1.54, 1.807) is 19.1 Å². The molecule has 7 heteroatoms. The van der Waals surface area contributed by atoms with Gasteiger partial charge in [-0.2, -0.15) is 0 Å². The van der Waals surface area contributed by atoms with Gasteiger partial charge in [0, 0.05) is 24.1 Å². The number of nitrogens with zero attached hydrogens (tertiary/aromatic N) is 1. The first-order valence-corrected chi connectivity index (χ1v) is 8.44. The maximum absolute atomic E-state index is 14.8. The minimum Gasteiger partial charge on any atom is -0.454 e. The number of rotatable bonds is 4. The van der Waals surface area contributed by atoms with Crippen molar-refractivity contribution in [2.24, 2.45) is 0 Å². The molecule has 0 spiro atoms. The normalized spacial score (nSPS) is 11.0. The van der Waals surface area contributed by atoms with Gasteiger partial charge in [-0.3, -0.25) is 4.79 Å². The maximum atomic E-state index is 14.8. The lowest BCUT2D eigenvalue weighted by Crippen LogP contribution is -2.07. The number of nitrogen functional groups attached to an aromatic ring is 1. The average molecular weight is 379 g/mol. The summed E-state index contributed by atoms with van der Waals surface area (Å²) in [4.78, 5) is 20.0. The minimum atomic E-state index is -0.770. The first-order valence-electron chi connectivity index (χ1n) is 8.44. The number of anilines is 1. The number of nitrogens with two attached hydrogens (primary N) is 1. The van der Waals surface area contributed by atoms with Gasteiger partial charge in [-0.1, -0.05) is 12.1 Å². The van der Waals surface area contributed by atoms with Crippen LogP contribution in [0.5, 0.6) is 11.5 Å². The number of fused-ring (bicyclic) bond motifs is 1. The molecule has 5 nitrogen and oxygen atoms in total. The van der Waals surface area contributed by atoms with Crippen molar-refractivity contribution >= 4 is 22.5 Å². The molecular formula is C21H15F2N3O2. The summed E-state index contributed by atoms with van der Waals surface area (Å²) in [7, 11) is 0. The fourth-order valence-electron chi connectivity index (χ4n) is 3.11. The van der Waals surface area contributed by atoms with Gasteiger partial charge < -0.3 is 15.5 Å². The Bertz CT molecular complexity index is 1190. The number of nitrogens with one attached hydrogen (secondary N) is 1. The van der Waals surface area contributed by atoms with Gasteiger partial charge in [-0.25, -0.2) is 13.8 Å². The molecule has 2 aromatic carbocycles. The first kappa shape index (κ1) is 17.7. The molecule has 0 aliphatic heterocycles. The average Bonchev–Trinajstić information content (AvgIpc) is 3.08. The quantitative estimate of drug-likeness (QED) is 0.501. The van der Waals surface area contributed by atoms with Gasteiger partial charge in [0.25, 0.3) is 0 Å². The highest BCUT2D eigenvalue weighted by Gasteiger charge is 2.22. The third kappa shape index (κ3) is 2.96. The number of carbonyl (C=O) groups is 1. The number of aromatic nitrogens is 2. The van der Waals surface area contributed by atoms with Gasteiger partial charge in [-0.05, 0) is 36.8 Å². The zero-order chi connectivity index (χ0) is 19.8. The zero-order valence-electron chi connectivity index (χ0n) is 14.8. The smallest absolute Gasteiger partial charge is 0.198 e. The van der Waals surface area contributed by atoms with Crippen LogP contribution in [0.15, 0.2) is 54.9 Å². The van der Waals surface area contributed by atoms with Crippen LogP contribution in [0.1, 0.15) is 21.5 Å². The number of hydrogen-bond donors (Lipinski definition) is 2. The number of ketones is 1. The van der Waals surface area contributed by atoms with Gasteiger partial charge in [0.1, 0.15) is 17.2 Å². The summed E-state index contributed by atoms with van der Waals surface area (Å²) in [5, 5.41) is 0.443. The van der Waals surface area contributed by atoms with E-state index in [4.69, 9.17) is 10.5 Å². The van der Waals surface area contributed by atoms with E-state index in [-0.39, 0.29) is 22.6 Å². The number of aryl methyl sites for hydroxylation is 1. The van der Waals surface area contributed by atoms with Crippen LogP contribution in [-0.2, 0) is 0 Å². The van der Waals surface area contributed by atoms with Crippen LogP contribution in [0.25, 0.3) is 11.0 Å². The number of aromatic amines is 1. The molecule has 0 aliphatic carbocycles. The van der Waals surface area contributed by atoms with Crippen molar-refractivity contribution in [3.8, 4) is 11.5 Å². The largest absolute Gasteiger partial charge is 0.454 e. The molecule has 0 saturated heterocycles. The van der Waals surface area contributed by atoms with Crippen LogP contribution in [0.4, 0.5) is 14.5 Å². The summed E-state index contributed by atoms with van der Waals surface area (Å²) in [6.45, 7) is 1.58.